The van der Waals surface area contributed by atoms with Crippen molar-refractivity contribution >= 4 is 17.4 Å². The summed E-state index contributed by atoms with van der Waals surface area (Å²) >= 11 is 5.92. The Morgan fingerprint density at radius 2 is 2.19 bits per heavy atom. The molecular weight excluding hydrogens is 226 g/mol. The number of aromatic nitrogens is 3. The van der Waals surface area contributed by atoms with Gasteiger partial charge in [-0.2, -0.15) is 5.10 Å². The SMILES string of the molecule is Cc1cnccc1C(=O)c1c(Cl)cnn1C. The molecule has 2 aromatic heterocycles. The summed E-state index contributed by atoms with van der Waals surface area (Å²) in [7, 11) is 1.69. The first-order chi connectivity index (χ1) is 7.61. The molecule has 82 valence electrons. The molecule has 0 aromatic carbocycles. The molecule has 0 saturated heterocycles. The van der Waals surface area contributed by atoms with Crippen LogP contribution in [0, 0.1) is 6.92 Å². The quantitative estimate of drug-likeness (QED) is 0.748. The van der Waals surface area contributed by atoms with Gasteiger partial charge in [0.05, 0.1) is 11.2 Å². The third-order valence-corrected chi connectivity index (χ3v) is 2.65. The molecule has 2 heterocycles. The third kappa shape index (κ3) is 1.72. The highest BCUT2D eigenvalue weighted by Gasteiger charge is 2.18. The van der Waals surface area contributed by atoms with Gasteiger partial charge in [-0.1, -0.05) is 11.6 Å². The lowest BCUT2D eigenvalue weighted by molar-refractivity contribution is 0.102. The van der Waals surface area contributed by atoms with Crippen molar-refractivity contribution in [3.8, 4) is 0 Å². The average Bonchev–Trinajstić information content (AvgIpc) is 2.58. The molecule has 0 unspecified atom stereocenters. The molecule has 5 heteroatoms. The zero-order valence-corrected chi connectivity index (χ0v) is 9.69. The summed E-state index contributed by atoms with van der Waals surface area (Å²) in [4.78, 5) is 16.1. The Balaban J connectivity index is 2.52. The van der Waals surface area contributed by atoms with Crippen molar-refractivity contribution in [2.75, 3.05) is 0 Å². The summed E-state index contributed by atoms with van der Waals surface area (Å²) in [6, 6.07) is 1.68. The molecule has 0 N–H and O–H groups in total. The van der Waals surface area contributed by atoms with Crippen molar-refractivity contribution < 1.29 is 4.79 Å². The zero-order valence-electron chi connectivity index (χ0n) is 8.94. The molecular formula is C11H10ClN3O. The van der Waals surface area contributed by atoms with E-state index in [1.807, 2.05) is 6.92 Å². The third-order valence-electron chi connectivity index (χ3n) is 2.37. The second-order valence-electron chi connectivity index (χ2n) is 3.48. The smallest absolute Gasteiger partial charge is 0.212 e. The Hall–Kier alpha value is -1.68. The minimum Gasteiger partial charge on any atom is -0.287 e. The number of carbonyl (C=O) groups is 1. The number of aryl methyl sites for hydroxylation is 2. The predicted molar refractivity (Wildman–Crippen MR) is 60.6 cm³/mol. The van der Waals surface area contributed by atoms with Gasteiger partial charge in [0.1, 0.15) is 5.69 Å². The lowest BCUT2D eigenvalue weighted by atomic mass is 10.1. The zero-order chi connectivity index (χ0) is 11.7. The molecule has 0 amide bonds. The summed E-state index contributed by atoms with van der Waals surface area (Å²) in [6.45, 7) is 1.84. The Kier molecular flexibility index (Phi) is 2.75. The van der Waals surface area contributed by atoms with E-state index in [-0.39, 0.29) is 5.78 Å². The van der Waals surface area contributed by atoms with Crippen molar-refractivity contribution in [1.82, 2.24) is 14.8 Å². The van der Waals surface area contributed by atoms with E-state index >= 15 is 0 Å². The van der Waals surface area contributed by atoms with Crippen molar-refractivity contribution in [3.05, 3.63) is 46.5 Å². The van der Waals surface area contributed by atoms with Crippen molar-refractivity contribution in [2.45, 2.75) is 6.92 Å². The maximum atomic E-state index is 12.2. The Morgan fingerprint density at radius 1 is 1.44 bits per heavy atom. The fraction of sp³-hybridized carbons (Fsp3) is 0.182. The summed E-state index contributed by atoms with van der Waals surface area (Å²) in [6.07, 6.45) is 4.70. The number of hydrogen-bond donors (Lipinski definition) is 0. The van der Waals surface area contributed by atoms with E-state index in [1.54, 1.807) is 25.5 Å². The van der Waals surface area contributed by atoms with Crippen LogP contribution < -0.4 is 0 Å². The number of halogens is 1. The largest absolute Gasteiger partial charge is 0.287 e. The molecule has 0 radical (unpaired) electrons. The second kappa shape index (κ2) is 4.06. The lowest BCUT2D eigenvalue weighted by Crippen LogP contribution is -2.10. The molecule has 16 heavy (non-hydrogen) atoms. The normalized spacial score (nSPS) is 10.4. The van der Waals surface area contributed by atoms with Gasteiger partial charge in [-0.05, 0) is 18.6 Å². The maximum absolute atomic E-state index is 12.2. The number of ketones is 1. The van der Waals surface area contributed by atoms with Crippen LogP contribution >= 0.6 is 11.6 Å². The van der Waals surface area contributed by atoms with Gasteiger partial charge in [-0.25, -0.2) is 0 Å². The van der Waals surface area contributed by atoms with Crippen LogP contribution in [0.15, 0.2) is 24.7 Å². The Bertz CT molecular complexity index is 528. The number of pyridine rings is 1. The highest BCUT2D eigenvalue weighted by molar-refractivity contribution is 6.34. The van der Waals surface area contributed by atoms with Gasteiger partial charge in [0.25, 0.3) is 0 Å². The minimum atomic E-state index is -0.134. The number of nitrogens with zero attached hydrogens (tertiary/aromatic N) is 3. The van der Waals surface area contributed by atoms with Crippen LogP contribution in [-0.4, -0.2) is 20.5 Å². The molecule has 0 aliphatic heterocycles. The molecule has 0 spiro atoms. The average molecular weight is 236 g/mol. The van der Waals surface area contributed by atoms with E-state index in [1.165, 1.54) is 10.9 Å². The molecule has 0 fully saturated rings. The van der Waals surface area contributed by atoms with Gasteiger partial charge >= 0.3 is 0 Å². The first-order valence-corrected chi connectivity index (χ1v) is 5.12. The van der Waals surface area contributed by atoms with Gasteiger partial charge in [-0.15, -0.1) is 0 Å². The van der Waals surface area contributed by atoms with E-state index in [0.717, 1.165) is 5.56 Å². The van der Waals surface area contributed by atoms with Crippen LogP contribution in [0.5, 0.6) is 0 Å². The summed E-state index contributed by atoms with van der Waals surface area (Å²) in [5.74, 6) is -0.134. The van der Waals surface area contributed by atoms with Crippen LogP contribution in [0.25, 0.3) is 0 Å². The van der Waals surface area contributed by atoms with Crippen molar-refractivity contribution in [3.63, 3.8) is 0 Å². The Labute approximate surface area is 97.9 Å². The molecule has 0 aliphatic carbocycles. The maximum Gasteiger partial charge on any atom is 0.212 e. The van der Waals surface area contributed by atoms with Gasteiger partial charge < -0.3 is 0 Å². The van der Waals surface area contributed by atoms with Crippen LogP contribution in [-0.2, 0) is 7.05 Å². The van der Waals surface area contributed by atoms with Crippen LogP contribution in [0.2, 0.25) is 5.02 Å². The predicted octanol–water partition coefficient (Wildman–Crippen LogP) is 2.01. The number of rotatable bonds is 2. The number of hydrogen-bond acceptors (Lipinski definition) is 3. The molecule has 2 rings (SSSR count). The van der Waals surface area contributed by atoms with Gasteiger partial charge in [-0.3, -0.25) is 14.5 Å². The van der Waals surface area contributed by atoms with Gasteiger partial charge in [0.15, 0.2) is 0 Å². The summed E-state index contributed by atoms with van der Waals surface area (Å²) < 4.78 is 1.48. The minimum absolute atomic E-state index is 0.134. The topological polar surface area (TPSA) is 47.8 Å². The molecule has 0 saturated carbocycles. The molecule has 0 aliphatic rings. The second-order valence-corrected chi connectivity index (χ2v) is 3.89. The highest BCUT2D eigenvalue weighted by Crippen LogP contribution is 2.19. The van der Waals surface area contributed by atoms with E-state index in [2.05, 4.69) is 10.1 Å². The van der Waals surface area contributed by atoms with Crippen LogP contribution in [0.3, 0.4) is 0 Å². The van der Waals surface area contributed by atoms with Crippen molar-refractivity contribution in [1.29, 1.82) is 0 Å². The lowest BCUT2D eigenvalue weighted by Gasteiger charge is -2.04. The molecule has 0 atom stereocenters. The fourth-order valence-corrected chi connectivity index (χ4v) is 1.77. The van der Waals surface area contributed by atoms with Crippen LogP contribution in [0.4, 0.5) is 0 Å². The summed E-state index contributed by atoms with van der Waals surface area (Å²) in [5, 5.41) is 4.31. The van der Waals surface area contributed by atoms with Crippen molar-refractivity contribution in [2.24, 2.45) is 7.05 Å². The monoisotopic (exact) mass is 235 g/mol. The van der Waals surface area contributed by atoms with E-state index in [4.69, 9.17) is 11.6 Å². The highest BCUT2D eigenvalue weighted by atomic mass is 35.5. The first-order valence-electron chi connectivity index (χ1n) is 4.74. The van der Waals surface area contributed by atoms with Gasteiger partial charge in [0, 0.05) is 25.0 Å². The molecule has 4 nitrogen and oxygen atoms in total. The van der Waals surface area contributed by atoms with E-state index in [0.29, 0.717) is 16.3 Å². The first kappa shape index (κ1) is 10.8. The van der Waals surface area contributed by atoms with Crippen LogP contribution in [0.1, 0.15) is 21.6 Å². The van der Waals surface area contributed by atoms with E-state index < -0.39 is 0 Å². The standard InChI is InChI=1S/C11H10ClN3O/c1-7-5-13-4-3-8(7)11(16)10-9(12)6-14-15(10)2/h3-6H,1-2H3. The number of carbonyl (C=O) groups excluding carboxylic acids is 1. The fourth-order valence-electron chi connectivity index (χ4n) is 1.52. The van der Waals surface area contributed by atoms with E-state index in [9.17, 15) is 4.79 Å². The summed E-state index contributed by atoms with van der Waals surface area (Å²) in [5.41, 5.74) is 1.82. The van der Waals surface area contributed by atoms with Gasteiger partial charge in [0.2, 0.25) is 5.78 Å². The molecule has 2 aromatic rings. The molecule has 0 bridgehead atoms. The Morgan fingerprint density at radius 3 is 2.75 bits per heavy atom.